The van der Waals surface area contributed by atoms with Crippen LogP contribution in [0.25, 0.3) is 0 Å². The van der Waals surface area contributed by atoms with Gasteiger partial charge in [-0.2, -0.15) is 0 Å². The molecule has 2 nitrogen and oxygen atoms in total. The van der Waals surface area contributed by atoms with Crippen molar-refractivity contribution in [3.63, 3.8) is 0 Å². The molecule has 4 heteroatoms. The topological polar surface area (TPSA) is 32.3 Å². The number of nitrogens with one attached hydrogen (secondary N) is 1. The normalized spacial score (nSPS) is 14.6. The summed E-state index contributed by atoms with van der Waals surface area (Å²) < 4.78 is 27.0. The summed E-state index contributed by atoms with van der Waals surface area (Å²) >= 11 is 0. The van der Waals surface area contributed by atoms with E-state index >= 15 is 0 Å². The molecule has 0 aromatic heterocycles. The first-order chi connectivity index (χ1) is 8.06. The van der Waals surface area contributed by atoms with Crippen LogP contribution in [0.4, 0.5) is 8.78 Å². The minimum atomic E-state index is -0.528. The smallest absolute Gasteiger partial charge is 0.130 e. The molecule has 2 atom stereocenters. The van der Waals surface area contributed by atoms with Gasteiger partial charge in [0.25, 0.3) is 0 Å². The van der Waals surface area contributed by atoms with Crippen LogP contribution in [0.2, 0.25) is 0 Å². The van der Waals surface area contributed by atoms with E-state index in [1.165, 1.54) is 18.2 Å². The fourth-order valence-corrected chi connectivity index (χ4v) is 1.92. The average Bonchev–Trinajstić information content (AvgIpc) is 2.26. The lowest BCUT2D eigenvalue weighted by atomic mass is 10.0. The Hall–Kier alpha value is -1.00. The summed E-state index contributed by atoms with van der Waals surface area (Å²) in [5, 5.41) is 11.8. The van der Waals surface area contributed by atoms with E-state index in [1.54, 1.807) is 6.92 Å². The monoisotopic (exact) mass is 243 g/mol. The van der Waals surface area contributed by atoms with Crippen LogP contribution in [-0.4, -0.2) is 17.8 Å². The van der Waals surface area contributed by atoms with Gasteiger partial charge in [0.2, 0.25) is 0 Å². The molecule has 0 aliphatic rings. The summed E-state index contributed by atoms with van der Waals surface area (Å²) in [6.07, 6.45) is 1.46. The molecule has 96 valence electrons. The first kappa shape index (κ1) is 14.1. The second-order valence-corrected chi connectivity index (χ2v) is 4.29. The summed E-state index contributed by atoms with van der Waals surface area (Å²) in [5.41, 5.74) is 0.0725. The van der Waals surface area contributed by atoms with Gasteiger partial charge in [-0.05, 0) is 38.8 Å². The molecule has 0 spiro atoms. The van der Waals surface area contributed by atoms with Gasteiger partial charge >= 0.3 is 0 Å². The molecule has 2 unspecified atom stereocenters. The summed E-state index contributed by atoms with van der Waals surface area (Å²) in [5.74, 6) is -1.06. The fourth-order valence-electron chi connectivity index (χ4n) is 1.92. The van der Waals surface area contributed by atoms with Crippen LogP contribution in [0.3, 0.4) is 0 Å². The second kappa shape index (κ2) is 6.67. The maximum Gasteiger partial charge on any atom is 0.130 e. The molecule has 0 saturated carbocycles. The standard InChI is InChI=1S/C13H19F2NO/c1-9(5-4-8-17)16-10(2)13-11(14)6-3-7-12(13)15/h3,6-7,9-10,16-17H,4-5,8H2,1-2H3. The lowest BCUT2D eigenvalue weighted by molar-refractivity contribution is 0.274. The number of halogens is 2. The first-order valence-corrected chi connectivity index (χ1v) is 5.87. The molecule has 0 heterocycles. The number of hydrogen-bond acceptors (Lipinski definition) is 2. The highest BCUT2D eigenvalue weighted by Gasteiger charge is 2.17. The largest absolute Gasteiger partial charge is 0.396 e. The van der Waals surface area contributed by atoms with Gasteiger partial charge in [-0.1, -0.05) is 6.07 Å². The van der Waals surface area contributed by atoms with Gasteiger partial charge in [0.05, 0.1) is 0 Å². The summed E-state index contributed by atoms with van der Waals surface area (Å²) in [6, 6.07) is 3.60. The lowest BCUT2D eigenvalue weighted by Gasteiger charge is -2.21. The predicted molar refractivity (Wildman–Crippen MR) is 63.7 cm³/mol. The van der Waals surface area contributed by atoms with Crippen molar-refractivity contribution in [2.75, 3.05) is 6.61 Å². The molecule has 17 heavy (non-hydrogen) atoms. The zero-order valence-corrected chi connectivity index (χ0v) is 10.2. The van der Waals surface area contributed by atoms with E-state index in [1.807, 2.05) is 6.92 Å². The van der Waals surface area contributed by atoms with Gasteiger partial charge in [0.15, 0.2) is 0 Å². The number of hydrogen-bond donors (Lipinski definition) is 2. The SMILES string of the molecule is CC(CCCO)NC(C)c1c(F)cccc1F. The Morgan fingerprint density at radius 3 is 2.35 bits per heavy atom. The highest BCUT2D eigenvalue weighted by molar-refractivity contribution is 5.22. The highest BCUT2D eigenvalue weighted by Crippen LogP contribution is 2.21. The van der Waals surface area contributed by atoms with Crippen molar-refractivity contribution in [3.8, 4) is 0 Å². The highest BCUT2D eigenvalue weighted by atomic mass is 19.1. The average molecular weight is 243 g/mol. The molecule has 1 aromatic rings. The Labute approximate surface area is 101 Å². The Balaban J connectivity index is 2.66. The van der Waals surface area contributed by atoms with E-state index in [0.717, 1.165) is 6.42 Å². The van der Waals surface area contributed by atoms with Crippen molar-refractivity contribution in [1.82, 2.24) is 5.32 Å². The molecular weight excluding hydrogens is 224 g/mol. The molecule has 0 fully saturated rings. The Bertz CT molecular complexity index is 337. The molecule has 0 saturated heterocycles. The first-order valence-electron chi connectivity index (χ1n) is 5.87. The van der Waals surface area contributed by atoms with Crippen molar-refractivity contribution in [2.45, 2.75) is 38.8 Å². The van der Waals surface area contributed by atoms with Crippen LogP contribution in [0, 0.1) is 11.6 Å². The molecular formula is C13H19F2NO. The Morgan fingerprint density at radius 1 is 1.24 bits per heavy atom. The van der Waals surface area contributed by atoms with E-state index in [-0.39, 0.29) is 24.3 Å². The van der Waals surface area contributed by atoms with Crippen molar-refractivity contribution in [3.05, 3.63) is 35.4 Å². The van der Waals surface area contributed by atoms with Crippen LogP contribution in [0.15, 0.2) is 18.2 Å². The fraction of sp³-hybridized carbons (Fsp3) is 0.538. The van der Waals surface area contributed by atoms with Crippen LogP contribution in [-0.2, 0) is 0 Å². The molecule has 1 aromatic carbocycles. The Kier molecular flexibility index (Phi) is 5.51. The van der Waals surface area contributed by atoms with Crippen molar-refractivity contribution >= 4 is 0 Å². The van der Waals surface area contributed by atoms with Crippen molar-refractivity contribution in [1.29, 1.82) is 0 Å². The van der Waals surface area contributed by atoms with E-state index in [9.17, 15) is 8.78 Å². The molecule has 2 N–H and O–H groups in total. The van der Waals surface area contributed by atoms with Gasteiger partial charge < -0.3 is 10.4 Å². The molecule has 0 radical (unpaired) electrons. The van der Waals surface area contributed by atoms with Gasteiger partial charge in [-0.25, -0.2) is 8.78 Å². The van der Waals surface area contributed by atoms with E-state index < -0.39 is 11.6 Å². The summed E-state index contributed by atoms with van der Waals surface area (Å²) in [4.78, 5) is 0. The van der Waals surface area contributed by atoms with Gasteiger partial charge in [-0.3, -0.25) is 0 Å². The maximum absolute atomic E-state index is 13.5. The van der Waals surface area contributed by atoms with Crippen molar-refractivity contribution < 1.29 is 13.9 Å². The second-order valence-electron chi connectivity index (χ2n) is 4.29. The van der Waals surface area contributed by atoms with Gasteiger partial charge in [0.1, 0.15) is 11.6 Å². The van der Waals surface area contributed by atoms with Crippen LogP contribution >= 0.6 is 0 Å². The van der Waals surface area contributed by atoms with Gasteiger partial charge in [-0.15, -0.1) is 0 Å². The van der Waals surface area contributed by atoms with E-state index in [2.05, 4.69) is 5.32 Å². The third-order valence-corrected chi connectivity index (χ3v) is 2.76. The lowest BCUT2D eigenvalue weighted by Crippen LogP contribution is -2.30. The molecule has 0 aliphatic carbocycles. The molecule has 0 aliphatic heterocycles. The van der Waals surface area contributed by atoms with Crippen LogP contribution in [0.1, 0.15) is 38.3 Å². The van der Waals surface area contributed by atoms with Gasteiger partial charge in [0, 0.05) is 24.3 Å². The van der Waals surface area contributed by atoms with Crippen molar-refractivity contribution in [2.24, 2.45) is 0 Å². The third kappa shape index (κ3) is 4.06. The number of aliphatic hydroxyl groups excluding tert-OH is 1. The number of aliphatic hydroxyl groups is 1. The number of rotatable bonds is 6. The van der Waals surface area contributed by atoms with Crippen LogP contribution in [0.5, 0.6) is 0 Å². The van der Waals surface area contributed by atoms with E-state index in [0.29, 0.717) is 6.42 Å². The summed E-state index contributed by atoms with van der Waals surface area (Å²) in [7, 11) is 0. The Morgan fingerprint density at radius 2 is 1.82 bits per heavy atom. The molecule has 1 rings (SSSR count). The van der Waals surface area contributed by atoms with E-state index in [4.69, 9.17) is 5.11 Å². The minimum absolute atomic E-state index is 0.0725. The zero-order chi connectivity index (χ0) is 12.8. The van der Waals surface area contributed by atoms with Crippen LogP contribution < -0.4 is 5.32 Å². The zero-order valence-electron chi connectivity index (χ0n) is 10.2. The molecule has 0 amide bonds. The minimum Gasteiger partial charge on any atom is -0.396 e. The quantitative estimate of drug-likeness (QED) is 0.805. The maximum atomic E-state index is 13.5. The molecule has 0 bridgehead atoms. The summed E-state index contributed by atoms with van der Waals surface area (Å²) in [6.45, 7) is 3.80. The number of benzene rings is 1. The third-order valence-electron chi connectivity index (χ3n) is 2.76. The predicted octanol–water partition coefficient (Wildman–Crippen LogP) is 2.78.